The number of halogens is 3. The van der Waals surface area contributed by atoms with E-state index >= 15 is 0 Å². The Labute approximate surface area is 120 Å². The third kappa shape index (κ3) is 2.64. The molecule has 0 fully saturated rings. The van der Waals surface area contributed by atoms with Gasteiger partial charge in [0.15, 0.2) is 0 Å². The molecule has 2 aromatic carbocycles. The fraction of sp³-hybridized carbons (Fsp3) is 0. The molecule has 0 saturated heterocycles. The molecular formula is C13H10Cl2FN3. The standard InChI is InChI=1S/C13H9ClFN3.ClH/c14-8-4-3-5-9(15)12(8)18-13-16-10-6-1-2-7-11(10)17-13;/h1-7H,(H2,16,17,18);1H. The molecule has 1 aromatic heterocycles. The summed E-state index contributed by atoms with van der Waals surface area (Å²) in [5.41, 5.74) is 1.91. The summed E-state index contributed by atoms with van der Waals surface area (Å²) < 4.78 is 13.6. The Morgan fingerprint density at radius 1 is 1.11 bits per heavy atom. The molecule has 3 rings (SSSR count). The molecule has 0 radical (unpaired) electrons. The Morgan fingerprint density at radius 2 is 1.89 bits per heavy atom. The van der Waals surface area contributed by atoms with Crippen molar-refractivity contribution in [2.24, 2.45) is 0 Å². The number of hydrogen-bond acceptors (Lipinski definition) is 2. The number of rotatable bonds is 2. The smallest absolute Gasteiger partial charge is 0.205 e. The molecule has 0 bridgehead atoms. The molecule has 2 N–H and O–H groups in total. The predicted octanol–water partition coefficient (Wildman–Crippen LogP) is 4.52. The van der Waals surface area contributed by atoms with Crippen LogP contribution in [0.1, 0.15) is 0 Å². The van der Waals surface area contributed by atoms with Gasteiger partial charge in [0.2, 0.25) is 5.95 Å². The summed E-state index contributed by atoms with van der Waals surface area (Å²) in [6.45, 7) is 0. The fourth-order valence-corrected chi connectivity index (χ4v) is 1.96. The van der Waals surface area contributed by atoms with Crippen LogP contribution in [0.2, 0.25) is 5.02 Å². The van der Waals surface area contributed by atoms with Crippen LogP contribution in [0.25, 0.3) is 11.0 Å². The van der Waals surface area contributed by atoms with Crippen molar-refractivity contribution in [3.8, 4) is 0 Å². The second kappa shape index (κ2) is 5.47. The van der Waals surface area contributed by atoms with E-state index in [2.05, 4.69) is 15.3 Å². The third-order valence-corrected chi connectivity index (χ3v) is 2.91. The topological polar surface area (TPSA) is 40.7 Å². The van der Waals surface area contributed by atoms with Crippen LogP contribution in [-0.4, -0.2) is 9.97 Å². The minimum absolute atomic E-state index is 0. The van der Waals surface area contributed by atoms with Gasteiger partial charge in [-0.1, -0.05) is 29.8 Å². The molecule has 1 heterocycles. The molecule has 3 nitrogen and oxygen atoms in total. The number of aromatic nitrogens is 2. The van der Waals surface area contributed by atoms with Gasteiger partial charge in [-0.3, -0.25) is 0 Å². The minimum Gasteiger partial charge on any atom is -0.324 e. The zero-order valence-corrected chi connectivity index (χ0v) is 11.2. The number of fused-ring (bicyclic) bond motifs is 1. The highest BCUT2D eigenvalue weighted by Crippen LogP contribution is 2.27. The van der Waals surface area contributed by atoms with E-state index in [1.807, 2.05) is 24.3 Å². The molecule has 0 aliphatic carbocycles. The zero-order chi connectivity index (χ0) is 12.5. The average molecular weight is 298 g/mol. The van der Waals surface area contributed by atoms with Crippen molar-refractivity contribution in [3.63, 3.8) is 0 Å². The van der Waals surface area contributed by atoms with E-state index < -0.39 is 5.82 Å². The average Bonchev–Trinajstić information content (AvgIpc) is 2.76. The molecule has 6 heteroatoms. The molecule has 0 saturated carbocycles. The van der Waals surface area contributed by atoms with Crippen molar-refractivity contribution in [1.29, 1.82) is 0 Å². The van der Waals surface area contributed by atoms with Gasteiger partial charge >= 0.3 is 0 Å². The Kier molecular flexibility index (Phi) is 3.93. The highest BCUT2D eigenvalue weighted by atomic mass is 35.5. The van der Waals surface area contributed by atoms with Crippen LogP contribution in [0.4, 0.5) is 16.0 Å². The quantitative estimate of drug-likeness (QED) is 0.730. The normalized spacial score (nSPS) is 10.2. The Balaban J connectivity index is 0.00000133. The largest absolute Gasteiger partial charge is 0.324 e. The first-order chi connectivity index (χ1) is 8.74. The van der Waals surface area contributed by atoms with Crippen molar-refractivity contribution in [2.75, 3.05) is 5.32 Å². The van der Waals surface area contributed by atoms with Gasteiger partial charge in [-0.2, -0.15) is 0 Å². The molecule has 0 amide bonds. The van der Waals surface area contributed by atoms with Crippen molar-refractivity contribution in [1.82, 2.24) is 9.97 Å². The van der Waals surface area contributed by atoms with Gasteiger partial charge in [-0.05, 0) is 24.3 Å². The summed E-state index contributed by atoms with van der Waals surface area (Å²) in [6, 6.07) is 12.1. The number of hydrogen-bond donors (Lipinski definition) is 2. The molecule has 0 aliphatic heterocycles. The summed E-state index contributed by atoms with van der Waals surface area (Å²) in [5, 5.41) is 3.17. The number of para-hydroxylation sites is 3. The first-order valence-corrected chi connectivity index (χ1v) is 5.77. The van der Waals surface area contributed by atoms with E-state index in [0.717, 1.165) is 11.0 Å². The first-order valence-electron chi connectivity index (χ1n) is 5.40. The fourth-order valence-electron chi connectivity index (χ4n) is 1.75. The predicted molar refractivity (Wildman–Crippen MR) is 78.0 cm³/mol. The van der Waals surface area contributed by atoms with Crippen LogP contribution in [0.3, 0.4) is 0 Å². The van der Waals surface area contributed by atoms with E-state index in [1.165, 1.54) is 6.07 Å². The summed E-state index contributed by atoms with van der Waals surface area (Å²) in [6.07, 6.45) is 0. The summed E-state index contributed by atoms with van der Waals surface area (Å²) >= 11 is 5.93. The van der Waals surface area contributed by atoms with Crippen LogP contribution >= 0.6 is 24.0 Å². The summed E-state index contributed by atoms with van der Waals surface area (Å²) in [4.78, 5) is 7.35. The molecule has 0 spiro atoms. The molecular weight excluding hydrogens is 288 g/mol. The second-order valence-corrected chi connectivity index (χ2v) is 4.23. The van der Waals surface area contributed by atoms with Gasteiger partial charge in [-0.15, -0.1) is 12.4 Å². The second-order valence-electron chi connectivity index (χ2n) is 3.82. The molecule has 3 aromatic rings. The lowest BCUT2D eigenvalue weighted by atomic mass is 10.3. The van der Waals surface area contributed by atoms with E-state index in [4.69, 9.17) is 11.6 Å². The number of imidazole rings is 1. The monoisotopic (exact) mass is 297 g/mol. The van der Waals surface area contributed by atoms with Gasteiger partial charge in [0, 0.05) is 0 Å². The van der Waals surface area contributed by atoms with Crippen molar-refractivity contribution in [2.45, 2.75) is 0 Å². The van der Waals surface area contributed by atoms with Crippen LogP contribution in [0.15, 0.2) is 42.5 Å². The Hall–Kier alpha value is -1.78. The highest BCUT2D eigenvalue weighted by molar-refractivity contribution is 6.33. The van der Waals surface area contributed by atoms with Gasteiger partial charge in [-0.25, -0.2) is 9.37 Å². The van der Waals surface area contributed by atoms with Crippen LogP contribution in [0.5, 0.6) is 0 Å². The number of aromatic amines is 1. The number of anilines is 2. The van der Waals surface area contributed by atoms with Gasteiger partial charge < -0.3 is 10.3 Å². The maximum atomic E-state index is 13.6. The van der Waals surface area contributed by atoms with Crippen LogP contribution < -0.4 is 5.32 Å². The lowest BCUT2D eigenvalue weighted by Gasteiger charge is -2.05. The third-order valence-electron chi connectivity index (χ3n) is 2.60. The zero-order valence-electron chi connectivity index (χ0n) is 9.65. The SMILES string of the molecule is Cl.Fc1cccc(Cl)c1Nc1nc2ccccc2[nH]1. The minimum atomic E-state index is -0.414. The Bertz CT molecular complexity index is 659. The van der Waals surface area contributed by atoms with Crippen molar-refractivity contribution in [3.05, 3.63) is 53.3 Å². The van der Waals surface area contributed by atoms with Gasteiger partial charge in [0.1, 0.15) is 5.82 Å². The number of benzene rings is 2. The van der Waals surface area contributed by atoms with Crippen LogP contribution in [-0.2, 0) is 0 Å². The van der Waals surface area contributed by atoms with Gasteiger partial charge in [0.25, 0.3) is 0 Å². The van der Waals surface area contributed by atoms with E-state index in [-0.39, 0.29) is 18.1 Å². The molecule has 19 heavy (non-hydrogen) atoms. The van der Waals surface area contributed by atoms with E-state index in [9.17, 15) is 4.39 Å². The van der Waals surface area contributed by atoms with E-state index in [1.54, 1.807) is 12.1 Å². The molecule has 98 valence electrons. The van der Waals surface area contributed by atoms with Gasteiger partial charge in [0.05, 0.1) is 21.7 Å². The van der Waals surface area contributed by atoms with Crippen LogP contribution in [0, 0.1) is 5.82 Å². The number of nitrogens with zero attached hydrogens (tertiary/aromatic N) is 1. The van der Waals surface area contributed by atoms with E-state index in [0.29, 0.717) is 11.0 Å². The number of H-pyrrole nitrogens is 1. The number of nitrogens with one attached hydrogen (secondary N) is 2. The first kappa shape index (κ1) is 13.6. The van der Waals surface area contributed by atoms with Crippen molar-refractivity contribution < 1.29 is 4.39 Å². The highest BCUT2D eigenvalue weighted by Gasteiger charge is 2.09. The summed E-state index contributed by atoms with van der Waals surface area (Å²) in [7, 11) is 0. The Morgan fingerprint density at radius 3 is 2.63 bits per heavy atom. The lowest BCUT2D eigenvalue weighted by Crippen LogP contribution is -1.96. The lowest BCUT2D eigenvalue weighted by molar-refractivity contribution is 0.632. The molecule has 0 atom stereocenters. The van der Waals surface area contributed by atoms with Crippen molar-refractivity contribution >= 4 is 46.7 Å². The maximum absolute atomic E-state index is 13.6. The molecule has 0 aliphatic rings. The maximum Gasteiger partial charge on any atom is 0.205 e. The molecule has 0 unspecified atom stereocenters. The summed E-state index contributed by atoms with van der Waals surface area (Å²) in [5.74, 6) is 0.0474.